The lowest BCUT2D eigenvalue weighted by Gasteiger charge is -2.09. The lowest BCUT2D eigenvalue weighted by Crippen LogP contribution is -2.40. The van der Waals surface area contributed by atoms with Crippen LogP contribution in [0.4, 0.5) is 0 Å². The second-order valence-corrected chi connectivity index (χ2v) is 4.07. The second kappa shape index (κ2) is 5.81. The zero-order valence-electron chi connectivity index (χ0n) is 9.05. The largest absolute Gasteiger partial charge is 0.351 e. The van der Waals surface area contributed by atoms with Crippen LogP contribution in [0.15, 0.2) is 12.2 Å². The minimum atomic E-state index is 0.0439. The van der Waals surface area contributed by atoms with Crippen molar-refractivity contribution < 1.29 is 4.79 Å². The van der Waals surface area contributed by atoms with Gasteiger partial charge >= 0.3 is 0 Å². The highest BCUT2D eigenvalue weighted by molar-refractivity contribution is 5.82. The average Bonchev–Trinajstić information content (AvgIpc) is 2.64. The summed E-state index contributed by atoms with van der Waals surface area (Å²) in [6.45, 7) is 5.86. The summed E-state index contributed by atoms with van der Waals surface area (Å²) < 4.78 is 0. The third kappa shape index (κ3) is 3.92. The highest BCUT2D eigenvalue weighted by Crippen LogP contribution is 2.04. The van der Waals surface area contributed by atoms with E-state index in [1.807, 2.05) is 6.08 Å². The van der Waals surface area contributed by atoms with Crippen molar-refractivity contribution in [2.75, 3.05) is 13.1 Å². The number of hydrogen-bond acceptors (Lipinski definition) is 2. The lowest BCUT2D eigenvalue weighted by atomic mass is 10.2. The second-order valence-electron chi connectivity index (χ2n) is 4.07. The molecule has 3 heteroatoms. The van der Waals surface area contributed by atoms with Gasteiger partial charge in [-0.3, -0.25) is 4.79 Å². The molecule has 14 heavy (non-hydrogen) atoms. The molecule has 1 saturated heterocycles. The number of amides is 1. The van der Waals surface area contributed by atoms with E-state index in [2.05, 4.69) is 30.6 Å². The molecule has 1 amide bonds. The van der Waals surface area contributed by atoms with Gasteiger partial charge < -0.3 is 10.6 Å². The Kier molecular flexibility index (Phi) is 4.66. The Morgan fingerprint density at radius 1 is 1.64 bits per heavy atom. The van der Waals surface area contributed by atoms with Crippen molar-refractivity contribution in [1.29, 1.82) is 0 Å². The molecule has 1 aliphatic heterocycles. The first kappa shape index (κ1) is 11.2. The Bertz CT molecular complexity index is 205. The summed E-state index contributed by atoms with van der Waals surface area (Å²) in [4.78, 5) is 11.5. The maximum absolute atomic E-state index is 11.5. The summed E-state index contributed by atoms with van der Waals surface area (Å²) in [6, 6.07) is 0.0439. The van der Waals surface area contributed by atoms with Crippen molar-refractivity contribution in [3.8, 4) is 0 Å². The molecule has 0 radical (unpaired) electrons. The summed E-state index contributed by atoms with van der Waals surface area (Å²) in [7, 11) is 0. The van der Waals surface area contributed by atoms with Gasteiger partial charge in [0.05, 0.1) is 6.04 Å². The molecule has 1 atom stereocenters. The number of nitrogens with one attached hydrogen (secondary N) is 2. The minimum absolute atomic E-state index is 0.0439. The van der Waals surface area contributed by atoms with Gasteiger partial charge in [-0.05, 0) is 25.3 Å². The van der Waals surface area contributed by atoms with E-state index in [4.69, 9.17) is 0 Å². The maximum atomic E-state index is 11.5. The van der Waals surface area contributed by atoms with Crippen molar-refractivity contribution in [2.24, 2.45) is 5.92 Å². The van der Waals surface area contributed by atoms with Crippen LogP contribution in [0.5, 0.6) is 0 Å². The first-order valence-corrected chi connectivity index (χ1v) is 5.38. The van der Waals surface area contributed by atoms with Gasteiger partial charge in [-0.2, -0.15) is 0 Å². The summed E-state index contributed by atoms with van der Waals surface area (Å²) in [5.74, 6) is 0.687. The highest BCUT2D eigenvalue weighted by Gasteiger charge is 2.20. The molecule has 1 aliphatic rings. The Labute approximate surface area is 86.0 Å². The molecule has 80 valence electrons. The monoisotopic (exact) mass is 196 g/mol. The molecule has 0 aromatic carbocycles. The van der Waals surface area contributed by atoms with Crippen molar-refractivity contribution in [3.05, 3.63) is 12.2 Å². The molecule has 2 N–H and O–H groups in total. The number of rotatable bonds is 4. The molecule has 0 bridgehead atoms. The van der Waals surface area contributed by atoms with E-state index in [-0.39, 0.29) is 11.9 Å². The van der Waals surface area contributed by atoms with E-state index in [9.17, 15) is 4.79 Å². The van der Waals surface area contributed by atoms with Crippen molar-refractivity contribution in [1.82, 2.24) is 10.6 Å². The Balaban J connectivity index is 2.14. The number of hydrogen-bond donors (Lipinski definition) is 2. The van der Waals surface area contributed by atoms with Crippen LogP contribution in [0.1, 0.15) is 26.7 Å². The summed E-state index contributed by atoms with van der Waals surface area (Å²) >= 11 is 0. The van der Waals surface area contributed by atoms with E-state index in [0.29, 0.717) is 12.5 Å². The van der Waals surface area contributed by atoms with Gasteiger partial charge in [0.25, 0.3) is 0 Å². The number of carbonyl (C=O) groups excluding carboxylic acids is 1. The number of carbonyl (C=O) groups is 1. The third-order valence-electron chi connectivity index (χ3n) is 2.29. The predicted octanol–water partition coefficient (Wildman–Crippen LogP) is 1.07. The van der Waals surface area contributed by atoms with E-state index in [1.165, 1.54) is 0 Å². The normalized spacial score (nSPS) is 22.1. The van der Waals surface area contributed by atoms with E-state index >= 15 is 0 Å². The van der Waals surface area contributed by atoms with Crippen LogP contribution in [-0.2, 0) is 4.79 Å². The maximum Gasteiger partial charge on any atom is 0.237 e. The van der Waals surface area contributed by atoms with Crippen molar-refractivity contribution >= 4 is 5.91 Å². The van der Waals surface area contributed by atoms with Crippen molar-refractivity contribution in [3.63, 3.8) is 0 Å². The summed E-state index contributed by atoms with van der Waals surface area (Å²) in [5.41, 5.74) is 0. The topological polar surface area (TPSA) is 41.1 Å². The molecule has 0 aliphatic carbocycles. The zero-order valence-corrected chi connectivity index (χ0v) is 9.05. The molecule has 3 nitrogen and oxygen atoms in total. The highest BCUT2D eigenvalue weighted by atomic mass is 16.2. The van der Waals surface area contributed by atoms with Crippen molar-refractivity contribution in [2.45, 2.75) is 32.7 Å². The van der Waals surface area contributed by atoms with E-state index < -0.39 is 0 Å². The van der Waals surface area contributed by atoms with Crippen LogP contribution in [-0.4, -0.2) is 25.0 Å². The molecule has 0 saturated carbocycles. The SMILES string of the molecule is CC(C)C=CCNC(=O)[C@H]1CCCN1. The van der Waals surface area contributed by atoms with Gasteiger partial charge in [-0.1, -0.05) is 26.0 Å². The van der Waals surface area contributed by atoms with Gasteiger partial charge in [0, 0.05) is 6.54 Å². The third-order valence-corrected chi connectivity index (χ3v) is 2.29. The van der Waals surface area contributed by atoms with Gasteiger partial charge in [0.2, 0.25) is 5.91 Å². The van der Waals surface area contributed by atoms with Crippen LogP contribution in [0, 0.1) is 5.92 Å². The van der Waals surface area contributed by atoms with Gasteiger partial charge in [-0.15, -0.1) is 0 Å². The van der Waals surface area contributed by atoms with Crippen LogP contribution in [0.2, 0.25) is 0 Å². The molecule has 1 rings (SSSR count). The van der Waals surface area contributed by atoms with Crippen LogP contribution in [0.25, 0.3) is 0 Å². The standard InChI is InChI=1S/C11H20N2O/c1-9(2)5-3-8-13-11(14)10-6-4-7-12-10/h3,5,9-10,12H,4,6-8H2,1-2H3,(H,13,14)/t10-/m1/s1. The fourth-order valence-electron chi connectivity index (χ4n) is 1.53. The van der Waals surface area contributed by atoms with Crippen LogP contribution < -0.4 is 10.6 Å². The Hall–Kier alpha value is -0.830. The van der Waals surface area contributed by atoms with E-state index in [0.717, 1.165) is 19.4 Å². The predicted molar refractivity (Wildman–Crippen MR) is 58.0 cm³/mol. The molecule has 1 fully saturated rings. The van der Waals surface area contributed by atoms with Gasteiger partial charge in [0.1, 0.15) is 0 Å². The molecule has 0 aromatic heterocycles. The Morgan fingerprint density at radius 3 is 3.00 bits per heavy atom. The molecule has 0 unspecified atom stereocenters. The number of allylic oxidation sites excluding steroid dienone is 1. The van der Waals surface area contributed by atoms with Gasteiger partial charge in [0.15, 0.2) is 0 Å². The molecule has 0 spiro atoms. The molecular weight excluding hydrogens is 176 g/mol. The fourth-order valence-corrected chi connectivity index (χ4v) is 1.53. The summed E-state index contributed by atoms with van der Waals surface area (Å²) in [6.07, 6.45) is 6.19. The molecule has 1 heterocycles. The quantitative estimate of drug-likeness (QED) is 0.660. The summed E-state index contributed by atoms with van der Waals surface area (Å²) in [5, 5.41) is 6.06. The molecular formula is C11H20N2O. The molecule has 0 aromatic rings. The van der Waals surface area contributed by atoms with Crippen LogP contribution in [0.3, 0.4) is 0 Å². The Morgan fingerprint density at radius 2 is 2.43 bits per heavy atom. The lowest BCUT2D eigenvalue weighted by molar-refractivity contribution is -0.122. The fraction of sp³-hybridized carbons (Fsp3) is 0.727. The van der Waals surface area contributed by atoms with Crippen LogP contribution >= 0.6 is 0 Å². The first-order chi connectivity index (χ1) is 6.70. The zero-order chi connectivity index (χ0) is 10.4. The van der Waals surface area contributed by atoms with Gasteiger partial charge in [-0.25, -0.2) is 0 Å². The average molecular weight is 196 g/mol. The van der Waals surface area contributed by atoms with E-state index in [1.54, 1.807) is 0 Å². The smallest absolute Gasteiger partial charge is 0.237 e. The first-order valence-electron chi connectivity index (χ1n) is 5.38. The minimum Gasteiger partial charge on any atom is -0.351 e.